The number of carbonyl (C=O) groups is 3. The Labute approximate surface area is 133 Å². The molecule has 1 heterocycles. The summed E-state index contributed by atoms with van der Waals surface area (Å²) in [5.41, 5.74) is 0. The fraction of sp³-hybridized carbons (Fsp3) is 0.533. The van der Waals surface area contributed by atoms with E-state index in [0.717, 1.165) is 0 Å². The molecule has 0 aliphatic carbocycles. The van der Waals surface area contributed by atoms with Crippen molar-refractivity contribution in [3.05, 3.63) is 22.4 Å². The standard InChI is InChI=1S/C15H22N2O4S/c1-10(2)13(17-14(20)11-6-5-9-22-11)15(21)16-8-4-3-7-12(18)19/h5-6,9-10,13H,3-4,7-8H2,1-2H3,(H,16,21)(H,17,20)(H,18,19). The molecule has 7 heteroatoms. The number of hydrogen-bond acceptors (Lipinski definition) is 4. The Morgan fingerprint density at radius 1 is 1.27 bits per heavy atom. The number of rotatable bonds is 9. The third kappa shape index (κ3) is 6.26. The van der Waals surface area contributed by atoms with Gasteiger partial charge in [0.25, 0.3) is 5.91 Å². The van der Waals surface area contributed by atoms with Gasteiger partial charge in [0.05, 0.1) is 4.88 Å². The summed E-state index contributed by atoms with van der Waals surface area (Å²) in [5.74, 6) is -1.37. The van der Waals surface area contributed by atoms with Gasteiger partial charge in [-0.05, 0) is 30.2 Å². The summed E-state index contributed by atoms with van der Waals surface area (Å²) >= 11 is 1.32. The topological polar surface area (TPSA) is 95.5 Å². The van der Waals surface area contributed by atoms with E-state index in [1.807, 2.05) is 19.2 Å². The lowest BCUT2D eigenvalue weighted by atomic mass is 10.0. The number of aliphatic carboxylic acids is 1. The zero-order valence-electron chi connectivity index (χ0n) is 12.8. The molecule has 0 aliphatic rings. The van der Waals surface area contributed by atoms with Crippen LogP contribution in [0.2, 0.25) is 0 Å². The molecule has 0 saturated heterocycles. The predicted octanol–water partition coefficient (Wildman–Crippen LogP) is 1.87. The Morgan fingerprint density at radius 2 is 2.00 bits per heavy atom. The van der Waals surface area contributed by atoms with Gasteiger partial charge in [-0.2, -0.15) is 0 Å². The first kappa shape index (κ1) is 18.2. The van der Waals surface area contributed by atoms with Crippen molar-refractivity contribution in [2.45, 2.75) is 39.2 Å². The van der Waals surface area contributed by atoms with Crippen LogP contribution in [0.15, 0.2) is 17.5 Å². The fourth-order valence-electron chi connectivity index (χ4n) is 1.88. The van der Waals surface area contributed by atoms with Crippen LogP contribution in [0.3, 0.4) is 0 Å². The maximum absolute atomic E-state index is 12.1. The molecule has 0 radical (unpaired) electrons. The van der Waals surface area contributed by atoms with Crippen LogP contribution < -0.4 is 10.6 Å². The van der Waals surface area contributed by atoms with Crippen molar-refractivity contribution < 1.29 is 19.5 Å². The Balaban J connectivity index is 2.43. The summed E-state index contributed by atoms with van der Waals surface area (Å²) in [6.07, 6.45) is 1.21. The normalized spacial score (nSPS) is 12.0. The smallest absolute Gasteiger partial charge is 0.303 e. The molecule has 1 aromatic heterocycles. The van der Waals surface area contributed by atoms with Crippen molar-refractivity contribution in [3.8, 4) is 0 Å². The average molecular weight is 326 g/mol. The lowest BCUT2D eigenvalue weighted by Crippen LogP contribution is -2.49. The summed E-state index contributed by atoms with van der Waals surface area (Å²) in [7, 11) is 0. The van der Waals surface area contributed by atoms with Gasteiger partial charge in [-0.25, -0.2) is 0 Å². The summed E-state index contributed by atoms with van der Waals surface area (Å²) < 4.78 is 0. The highest BCUT2D eigenvalue weighted by Gasteiger charge is 2.24. The highest BCUT2D eigenvalue weighted by molar-refractivity contribution is 7.12. The van der Waals surface area contributed by atoms with E-state index >= 15 is 0 Å². The quantitative estimate of drug-likeness (QED) is 0.604. The van der Waals surface area contributed by atoms with E-state index in [1.165, 1.54) is 11.3 Å². The molecule has 2 amide bonds. The molecule has 0 saturated carbocycles. The highest BCUT2D eigenvalue weighted by Crippen LogP contribution is 2.10. The van der Waals surface area contributed by atoms with E-state index in [4.69, 9.17) is 5.11 Å². The molecule has 1 unspecified atom stereocenters. The third-order valence-corrected chi connectivity index (χ3v) is 3.97. The lowest BCUT2D eigenvalue weighted by molar-refractivity contribution is -0.137. The number of unbranched alkanes of at least 4 members (excludes halogenated alkanes) is 1. The molecule has 1 rings (SSSR count). The maximum atomic E-state index is 12.1. The maximum Gasteiger partial charge on any atom is 0.303 e. The van der Waals surface area contributed by atoms with E-state index in [2.05, 4.69) is 10.6 Å². The van der Waals surface area contributed by atoms with Gasteiger partial charge in [0.15, 0.2) is 0 Å². The summed E-state index contributed by atoms with van der Waals surface area (Å²) in [6, 6.07) is 2.89. The van der Waals surface area contributed by atoms with Crippen molar-refractivity contribution in [1.29, 1.82) is 0 Å². The second-order valence-electron chi connectivity index (χ2n) is 5.31. The van der Waals surface area contributed by atoms with Crippen LogP contribution in [-0.4, -0.2) is 35.5 Å². The van der Waals surface area contributed by atoms with E-state index in [0.29, 0.717) is 24.3 Å². The summed E-state index contributed by atoms with van der Waals surface area (Å²) in [6.45, 7) is 4.14. The Morgan fingerprint density at radius 3 is 2.55 bits per heavy atom. The molecule has 1 atom stereocenters. The minimum atomic E-state index is -0.838. The van der Waals surface area contributed by atoms with E-state index in [9.17, 15) is 14.4 Å². The second kappa shape index (κ2) is 9.19. The van der Waals surface area contributed by atoms with Crippen LogP contribution in [0.4, 0.5) is 0 Å². The molecule has 1 aromatic rings. The molecular weight excluding hydrogens is 304 g/mol. The van der Waals surface area contributed by atoms with Crippen LogP contribution in [0, 0.1) is 5.92 Å². The van der Waals surface area contributed by atoms with Gasteiger partial charge >= 0.3 is 5.97 Å². The van der Waals surface area contributed by atoms with Gasteiger partial charge in [0, 0.05) is 13.0 Å². The van der Waals surface area contributed by atoms with Crippen molar-refractivity contribution in [2.24, 2.45) is 5.92 Å². The van der Waals surface area contributed by atoms with E-state index in [1.54, 1.807) is 12.1 Å². The SMILES string of the molecule is CC(C)C(NC(=O)c1cccs1)C(=O)NCCCCC(=O)O. The van der Waals surface area contributed by atoms with Crippen LogP contribution >= 0.6 is 11.3 Å². The molecule has 3 N–H and O–H groups in total. The molecule has 0 aliphatic heterocycles. The molecule has 6 nitrogen and oxygen atoms in total. The van der Waals surface area contributed by atoms with Crippen molar-refractivity contribution in [2.75, 3.05) is 6.54 Å². The van der Waals surface area contributed by atoms with Crippen LogP contribution in [0.1, 0.15) is 42.8 Å². The van der Waals surface area contributed by atoms with Gasteiger partial charge in [0.2, 0.25) is 5.91 Å². The van der Waals surface area contributed by atoms with Crippen LogP contribution in [0.25, 0.3) is 0 Å². The van der Waals surface area contributed by atoms with E-state index < -0.39 is 12.0 Å². The summed E-state index contributed by atoms with van der Waals surface area (Å²) in [5, 5.41) is 15.8. The number of thiophene rings is 1. The van der Waals surface area contributed by atoms with Crippen molar-refractivity contribution in [1.82, 2.24) is 10.6 Å². The van der Waals surface area contributed by atoms with Crippen molar-refractivity contribution >= 4 is 29.1 Å². The molecule has 0 spiro atoms. The van der Waals surface area contributed by atoms with Gasteiger partial charge in [-0.1, -0.05) is 19.9 Å². The largest absolute Gasteiger partial charge is 0.481 e. The second-order valence-corrected chi connectivity index (χ2v) is 6.26. The minimum Gasteiger partial charge on any atom is -0.481 e. The highest BCUT2D eigenvalue weighted by atomic mass is 32.1. The number of nitrogens with one attached hydrogen (secondary N) is 2. The number of carbonyl (C=O) groups excluding carboxylic acids is 2. The molecule has 0 fully saturated rings. The third-order valence-electron chi connectivity index (χ3n) is 3.10. The molecule has 0 bridgehead atoms. The molecule has 0 aromatic carbocycles. The fourth-order valence-corrected chi connectivity index (χ4v) is 2.50. The van der Waals surface area contributed by atoms with Crippen molar-refractivity contribution in [3.63, 3.8) is 0 Å². The molecular formula is C15H22N2O4S. The number of carboxylic acids is 1. The summed E-state index contributed by atoms with van der Waals surface area (Å²) in [4.78, 5) is 35.1. The van der Waals surface area contributed by atoms with Crippen LogP contribution in [-0.2, 0) is 9.59 Å². The van der Waals surface area contributed by atoms with Gasteiger partial charge in [0.1, 0.15) is 6.04 Å². The van der Waals surface area contributed by atoms with Gasteiger partial charge in [-0.3, -0.25) is 14.4 Å². The molecule has 22 heavy (non-hydrogen) atoms. The average Bonchev–Trinajstić information content (AvgIpc) is 2.97. The predicted molar refractivity (Wildman–Crippen MR) is 84.9 cm³/mol. The number of carboxylic acid groups (broad SMARTS) is 1. The Hall–Kier alpha value is -1.89. The monoisotopic (exact) mass is 326 g/mol. The van der Waals surface area contributed by atoms with E-state index in [-0.39, 0.29) is 24.2 Å². The number of hydrogen-bond donors (Lipinski definition) is 3. The number of amides is 2. The first-order valence-electron chi connectivity index (χ1n) is 7.25. The first-order valence-corrected chi connectivity index (χ1v) is 8.13. The Bertz CT molecular complexity index is 500. The first-order chi connectivity index (χ1) is 10.4. The van der Waals surface area contributed by atoms with Gasteiger partial charge < -0.3 is 15.7 Å². The van der Waals surface area contributed by atoms with Crippen LogP contribution in [0.5, 0.6) is 0 Å². The zero-order valence-corrected chi connectivity index (χ0v) is 13.6. The zero-order chi connectivity index (χ0) is 16.5. The minimum absolute atomic E-state index is 0.0390. The Kier molecular flexibility index (Phi) is 7.59. The molecule has 122 valence electrons. The lowest BCUT2D eigenvalue weighted by Gasteiger charge is -2.21. The van der Waals surface area contributed by atoms with Gasteiger partial charge in [-0.15, -0.1) is 11.3 Å².